The molecule has 2 heterocycles. The van der Waals surface area contributed by atoms with Gasteiger partial charge in [0.15, 0.2) is 0 Å². The topological polar surface area (TPSA) is 80.6 Å². The summed E-state index contributed by atoms with van der Waals surface area (Å²) in [7, 11) is 3.31. The van der Waals surface area contributed by atoms with Crippen molar-refractivity contribution in [1.29, 1.82) is 0 Å². The van der Waals surface area contributed by atoms with Crippen molar-refractivity contribution in [3.8, 4) is 0 Å². The number of hydrogen-bond donors (Lipinski definition) is 0. The number of benzene rings is 1. The van der Waals surface area contributed by atoms with E-state index in [-0.39, 0.29) is 18.4 Å². The van der Waals surface area contributed by atoms with Gasteiger partial charge in [-0.15, -0.1) is 5.10 Å². The predicted molar refractivity (Wildman–Crippen MR) is 82.9 cm³/mol. The summed E-state index contributed by atoms with van der Waals surface area (Å²) < 4.78 is 6.53. The van der Waals surface area contributed by atoms with Gasteiger partial charge in [-0.1, -0.05) is 5.21 Å². The third-order valence-electron chi connectivity index (χ3n) is 4.05. The van der Waals surface area contributed by atoms with E-state index in [1.807, 2.05) is 13.1 Å². The Morgan fingerprint density at radius 1 is 1.17 bits per heavy atom. The number of aromatic nitrogens is 3. The summed E-state index contributed by atoms with van der Waals surface area (Å²) in [6, 6.07) is 5.39. The van der Waals surface area contributed by atoms with Crippen LogP contribution in [0.5, 0.6) is 0 Å². The van der Waals surface area contributed by atoms with E-state index in [1.165, 1.54) is 7.11 Å². The minimum atomic E-state index is -0.0450. The van der Waals surface area contributed by atoms with Crippen LogP contribution >= 0.6 is 0 Å². The number of fused-ring (bicyclic) bond motifs is 1. The molecule has 1 aromatic carbocycles. The Kier molecular flexibility index (Phi) is 4.24. The van der Waals surface area contributed by atoms with Crippen LogP contribution in [0.2, 0.25) is 0 Å². The van der Waals surface area contributed by atoms with Crippen LogP contribution in [0.1, 0.15) is 10.4 Å². The molecular formula is C15H19N5O3. The molecule has 0 radical (unpaired) electrons. The van der Waals surface area contributed by atoms with Crippen molar-refractivity contribution >= 4 is 22.8 Å². The lowest BCUT2D eigenvalue weighted by atomic mass is 10.1. The number of carbonyl (C=O) groups is 2. The Morgan fingerprint density at radius 2 is 1.87 bits per heavy atom. The Bertz CT molecular complexity index is 734. The summed E-state index contributed by atoms with van der Waals surface area (Å²) in [6.45, 7) is 2.18. The van der Waals surface area contributed by atoms with Crippen molar-refractivity contribution in [2.24, 2.45) is 7.05 Å². The Labute approximate surface area is 133 Å². The first-order chi connectivity index (χ1) is 11.1. The highest BCUT2D eigenvalue weighted by atomic mass is 16.5. The number of piperazine rings is 1. The molecule has 0 spiro atoms. The fourth-order valence-corrected chi connectivity index (χ4v) is 2.73. The number of ether oxygens (including phenoxy) is 1. The van der Waals surface area contributed by atoms with Gasteiger partial charge in [0.1, 0.15) is 12.1 Å². The Morgan fingerprint density at radius 3 is 2.57 bits per heavy atom. The van der Waals surface area contributed by atoms with Crippen LogP contribution in [0.3, 0.4) is 0 Å². The number of rotatable bonds is 3. The van der Waals surface area contributed by atoms with Gasteiger partial charge < -0.3 is 14.5 Å². The van der Waals surface area contributed by atoms with Gasteiger partial charge in [-0.25, -0.2) is 4.68 Å². The molecule has 122 valence electrons. The molecule has 1 saturated heterocycles. The van der Waals surface area contributed by atoms with Gasteiger partial charge in [0, 0.05) is 45.9 Å². The van der Waals surface area contributed by atoms with Gasteiger partial charge >= 0.3 is 0 Å². The predicted octanol–water partition coefficient (Wildman–Crippen LogP) is -0.101. The van der Waals surface area contributed by atoms with E-state index in [4.69, 9.17) is 4.74 Å². The standard InChI is InChI=1S/C15H19N5O3/c1-18-13-4-3-11(9-12(13)16-17-18)15(22)20-7-5-19(6-8-20)14(21)10-23-2/h3-4,9H,5-8,10H2,1-2H3. The quantitative estimate of drug-likeness (QED) is 0.790. The molecule has 1 aromatic heterocycles. The molecule has 0 atom stereocenters. The Balaban J connectivity index is 1.67. The Hall–Kier alpha value is -2.48. The molecule has 2 aromatic rings. The second-order valence-corrected chi connectivity index (χ2v) is 5.52. The number of amides is 2. The molecular weight excluding hydrogens is 298 g/mol. The van der Waals surface area contributed by atoms with Gasteiger partial charge in [0.2, 0.25) is 5.91 Å². The number of aryl methyl sites for hydroxylation is 1. The first kappa shape index (κ1) is 15.4. The van der Waals surface area contributed by atoms with E-state index in [2.05, 4.69) is 10.3 Å². The number of hydrogen-bond acceptors (Lipinski definition) is 5. The zero-order valence-corrected chi connectivity index (χ0v) is 13.2. The van der Waals surface area contributed by atoms with Crippen LogP contribution in [-0.2, 0) is 16.6 Å². The van der Waals surface area contributed by atoms with Crippen LogP contribution < -0.4 is 0 Å². The summed E-state index contributed by atoms with van der Waals surface area (Å²) in [6.07, 6.45) is 0. The smallest absolute Gasteiger partial charge is 0.254 e. The molecule has 0 saturated carbocycles. The third kappa shape index (κ3) is 3.02. The average Bonchev–Trinajstić information content (AvgIpc) is 2.95. The molecule has 1 aliphatic rings. The van der Waals surface area contributed by atoms with E-state index in [0.717, 1.165) is 5.52 Å². The van der Waals surface area contributed by atoms with Gasteiger partial charge in [0.05, 0.1) is 5.52 Å². The summed E-state index contributed by atoms with van der Waals surface area (Å²) in [5.74, 6) is -0.0861. The number of carbonyl (C=O) groups excluding carboxylic acids is 2. The van der Waals surface area contributed by atoms with Crippen LogP contribution in [0.15, 0.2) is 18.2 Å². The molecule has 1 aliphatic heterocycles. The molecule has 0 aliphatic carbocycles. The van der Waals surface area contributed by atoms with Crippen LogP contribution in [0.4, 0.5) is 0 Å². The van der Waals surface area contributed by atoms with E-state index in [0.29, 0.717) is 37.3 Å². The van der Waals surface area contributed by atoms with E-state index >= 15 is 0 Å². The van der Waals surface area contributed by atoms with Crippen LogP contribution in [0.25, 0.3) is 11.0 Å². The second kappa shape index (κ2) is 6.33. The van der Waals surface area contributed by atoms with Gasteiger partial charge in [-0.05, 0) is 18.2 Å². The maximum absolute atomic E-state index is 12.6. The molecule has 23 heavy (non-hydrogen) atoms. The van der Waals surface area contributed by atoms with Crippen molar-refractivity contribution in [1.82, 2.24) is 24.8 Å². The van der Waals surface area contributed by atoms with Crippen molar-refractivity contribution in [2.45, 2.75) is 0 Å². The summed E-state index contributed by atoms with van der Waals surface area (Å²) >= 11 is 0. The minimum absolute atomic E-state index is 0.0411. The minimum Gasteiger partial charge on any atom is -0.375 e. The first-order valence-electron chi connectivity index (χ1n) is 7.45. The normalized spacial score (nSPS) is 15.2. The van der Waals surface area contributed by atoms with Gasteiger partial charge in [0.25, 0.3) is 5.91 Å². The van der Waals surface area contributed by atoms with E-state index in [1.54, 1.807) is 26.6 Å². The first-order valence-corrected chi connectivity index (χ1v) is 7.45. The molecule has 0 N–H and O–H groups in total. The largest absolute Gasteiger partial charge is 0.375 e. The van der Waals surface area contributed by atoms with E-state index < -0.39 is 0 Å². The maximum atomic E-state index is 12.6. The van der Waals surface area contributed by atoms with Gasteiger partial charge in [-0.3, -0.25) is 9.59 Å². The molecule has 8 nitrogen and oxygen atoms in total. The third-order valence-corrected chi connectivity index (χ3v) is 4.05. The zero-order valence-electron chi connectivity index (χ0n) is 13.2. The highest BCUT2D eigenvalue weighted by molar-refractivity contribution is 5.97. The van der Waals surface area contributed by atoms with E-state index in [9.17, 15) is 9.59 Å². The fourth-order valence-electron chi connectivity index (χ4n) is 2.73. The van der Waals surface area contributed by atoms with Crippen molar-refractivity contribution in [2.75, 3.05) is 39.9 Å². The van der Waals surface area contributed by atoms with Crippen LogP contribution in [-0.4, -0.2) is 76.5 Å². The van der Waals surface area contributed by atoms with Crippen LogP contribution in [0, 0.1) is 0 Å². The lowest BCUT2D eigenvalue weighted by Crippen LogP contribution is -2.51. The summed E-state index contributed by atoms with van der Waals surface area (Å²) in [5, 5.41) is 7.98. The highest BCUT2D eigenvalue weighted by Gasteiger charge is 2.25. The second-order valence-electron chi connectivity index (χ2n) is 5.52. The number of nitrogens with zero attached hydrogens (tertiary/aromatic N) is 5. The zero-order chi connectivity index (χ0) is 16.4. The molecule has 1 fully saturated rings. The van der Waals surface area contributed by atoms with Crippen molar-refractivity contribution in [3.63, 3.8) is 0 Å². The highest BCUT2D eigenvalue weighted by Crippen LogP contribution is 2.15. The average molecular weight is 317 g/mol. The molecule has 0 unspecified atom stereocenters. The lowest BCUT2D eigenvalue weighted by Gasteiger charge is -2.34. The maximum Gasteiger partial charge on any atom is 0.254 e. The fraction of sp³-hybridized carbons (Fsp3) is 0.467. The monoisotopic (exact) mass is 317 g/mol. The molecule has 3 rings (SSSR count). The molecule has 8 heteroatoms. The van der Waals surface area contributed by atoms with Gasteiger partial charge in [-0.2, -0.15) is 0 Å². The SMILES string of the molecule is COCC(=O)N1CCN(C(=O)c2ccc3c(c2)nnn3C)CC1. The number of methoxy groups -OCH3 is 1. The molecule has 0 bridgehead atoms. The van der Waals surface area contributed by atoms with Crippen molar-refractivity contribution < 1.29 is 14.3 Å². The van der Waals surface area contributed by atoms with Crippen molar-refractivity contribution in [3.05, 3.63) is 23.8 Å². The lowest BCUT2D eigenvalue weighted by molar-refractivity contribution is -0.136. The summed E-state index contributed by atoms with van der Waals surface area (Å²) in [5.41, 5.74) is 2.18. The molecule has 2 amide bonds. The summed E-state index contributed by atoms with van der Waals surface area (Å²) in [4.78, 5) is 27.8.